The first-order chi connectivity index (χ1) is 10.1. The molecule has 0 radical (unpaired) electrons. The van der Waals surface area contributed by atoms with Crippen LogP contribution in [0.15, 0.2) is 0 Å². The number of aliphatic hydroxyl groups excluding tert-OH is 9. The smallest absolute Gasteiger partial charge is 0.402 e. The first-order valence-corrected chi connectivity index (χ1v) is 5.96. The van der Waals surface area contributed by atoms with Crippen LogP contribution in [-0.4, -0.2) is 125 Å². The molecule has 0 unspecified atom stereocenters. The number of hydrogen-bond donors (Lipinski definition) is 12. The Kier molecular flexibility index (Phi) is 20.4. The van der Waals surface area contributed by atoms with Crippen LogP contribution < -0.4 is 0 Å². The Hall–Kier alpha value is -0.415. The molecule has 0 fully saturated rings. The van der Waals surface area contributed by atoms with Crippen molar-refractivity contribution in [3.8, 4) is 0 Å². The minimum atomic E-state index is -2.17. The highest BCUT2D eigenvalue weighted by Gasteiger charge is 2.29. The monoisotopic (exact) mass is 336 g/mol. The van der Waals surface area contributed by atoms with Crippen molar-refractivity contribution in [3.63, 3.8) is 0 Å². The SMILES string of the molecule is OB(O)O.OCC(O)CO.OC[C@@H](O)[C@@H](O)[C@H](O)[C@@H](O)CO. The molecule has 0 aromatic heterocycles. The lowest BCUT2D eigenvalue weighted by Crippen LogP contribution is -2.46. The average Bonchev–Trinajstić information content (AvgIpc) is 2.50. The second-order valence-electron chi connectivity index (χ2n) is 3.85. The van der Waals surface area contributed by atoms with Crippen LogP contribution in [0.1, 0.15) is 0 Å². The van der Waals surface area contributed by atoms with Crippen LogP contribution in [0.5, 0.6) is 0 Å². The summed E-state index contributed by atoms with van der Waals surface area (Å²) < 4.78 is 0. The van der Waals surface area contributed by atoms with Crippen molar-refractivity contribution in [1.82, 2.24) is 0 Å². The minimum absolute atomic E-state index is 0.365. The summed E-state index contributed by atoms with van der Waals surface area (Å²) in [5, 5.41) is 97.7. The van der Waals surface area contributed by atoms with Gasteiger partial charge in [-0.2, -0.15) is 0 Å². The molecule has 0 amide bonds. The van der Waals surface area contributed by atoms with Crippen LogP contribution in [0.2, 0.25) is 0 Å². The highest BCUT2D eigenvalue weighted by atomic mass is 16.5. The van der Waals surface area contributed by atoms with Crippen LogP contribution in [0, 0.1) is 0 Å². The normalized spacial score (nSPS) is 15.7. The Morgan fingerprint density at radius 3 is 0.864 bits per heavy atom. The van der Waals surface area contributed by atoms with Gasteiger partial charge in [0.05, 0.1) is 26.4 Å². The van der Waals surface area contributed by atoms with E-state index in [0.29, 0.717) is 0 Å². The number of rotatable bonds is 7. The van der Waals surface area contributed by atoms with Crippen molar-refractivity contribution in [2.45, 2.75) is 30.5 Å². The molecule has 12 N–H and O–H groups in total. The summed E-state index contributed by atoms with van der Waals surface area (Å²) in [6.45, 7) is -2.18. The van der Waals surface area contributed by atoms with Crippen molar-refractivity contribution < 1.29 is 61.0 Å². The Morgan fingerprint density at radius 1 is 0.545 bits per heavy atom. The number of aliphatic hydroxyl groups is 9. The zero-order valence-corrected chi connectivity index (χ0v) is 11.7. The molecule has 12 nitrogen and oxygen atoms in total. The molecule has 0 aliphatic rings. The van der Waals surface area contributed by atoms with E-state index in [1.165, 1.54) is 0 Å². The molecule has 0 aromatic carbocycles. The molecular formula is C9H25BO12. The maximum absolute atomic E-state index is 8.96. The summed E-state index contributed by atoms with van der Waals surface area (Å²) in [5.41, 5.74) is 0. The van der Waals surface area contributed by atoms with Crippen molar-refractivity contribution in [1.29, 1.82) is 0 Å². The molecular weight excluding hydrogens is 311 g/mol. The molecule has 136 valence electrons. The molecule has 4 atom stereocenters. The summed E-state index contributed by atoms with van der Waals surface area (Å²) >= 11 is 0. The summed E-state index contributed by atoms with van der Waals surface area (Å²) in [6.07, 6.45) is -7.35. The molecule has 0 spiro atoms. The van der Waals surface area contributed by atoms with E-state index in [-0.39, 0.29) is 13.2 Å². The van der Waals surface area contributed by atoms with Gasteiger partial charge in [-0.25, -0.2) is 0 Å². The zero-order chi connectivity index (χ0) is 18.3. The van der Waals surface area contributed by atoms with Crippen molar-refractivity contribution >= 4 is 7.32 Å². The third-order valence-corrected chi connectivity index (χ3v) is 1.93. The molecule has 0 aromatic rings. The Morgan fingerprint density at radius 2 is 0.773 bits per heavy atom. The standard InChI is InChI=1S/C6H14O6.C3H8O3.BH3O3/c7-1-3(9)5(11)6(12)4(10)2-8;4-1-3(6)2-5;2-1(3)4/h3-12H,1-2H2;3-6H,1-2H2;2-4H/t3-,4+,5-,6-;;/m1../s1. The molecule has 13 heteroatoms. The van der Waals surface area contributed by atoms with Crippen molar-refractivity contribution in [2.24, 2.45) is 0 Å². The minimum Gasteiger partial charge on any atom is -0.402 e. The maximum atomic E-state index is 8.96. The lowest BCUT2D eigenvalue weighted by molar-refractivity contribution is -0.123. The lowest BCUT2D eigenvalue weighted by atomic mass is 10.0. The van der Waals surface area contributed by atoms with Crippen LogP contribution in [0.4, 0.5) is 0 Å². The zero-order valence-electron chi connectivity index (χ0n) is 11.7. The van der Waals surface area contributed by atoms with E-state index in [4.69, 9.17) is 61.0 Å². The van der Waals surface area contributed by atoms with E-state index in [1.807, 2.05) is 0 Å². The highest BCUT2D eigenvalue weighted by molar-refractivity contribution is 6.30. The maximum Gasteiger partial charge on any atom is 0.631 e. The molecule has 0 aliphatic heterocycles. The first kappa shape index (κ1) is 26.5. The molecule has 0 aliphatic carbocycles. The van der Waals surface area contributed by atoms with Gasteiger partial charge in [-0.3, -0.25) is 0 Å². The van der Waals surface area contributed by atoms with Gasteiger partial charge >= 0.3 is 7.32 Å². The third kappa shape index (κ3) is 17.6. The third-order valence-electron chi connectivity index (χ3n) is 1.93. The predicted octanol–water partition coefficient (Wildman–Crippen LogP) is -7.31. The van der Waals surface area contributed by atoms with Gasteiger partial charge in [-0.05, 0) is 0 Å². The van der Waals surface area contributed by atoms with E-state index in [1.54, 1.807) is 0 Å². The van der Waals surface area contributed by atoms with Gasteiger partial charge < -0.3 is 61.0 Å². The summed E-state index contributed by atoms with van der Waals surface area (Å²) in [7, 11) is -2.17. The second kappa shape index (κ2) is 16.9. The van der Waals surface area contributed by atoms with Crippen LogP contribution in [-0.2, 0) is 0 Å². The average molecular weight is 336 g/mol. The number of hydrogen-bond acceptors (Lipinski definition) is 12. The van der Waals surface area contributed by atoms with Crippen LogP contribution in [0.3, 0.4) is 0 Å². The first-order valence-electron chi connectivity index (χ1n) is 5.96. The van der Waals surface area contributed by atoms with Gasteiger partial charge in [0.25, 0.3) is 0 Å². The molecule has 0 heterocycles. The molecule has 0 bridgehead atoms. The Balaban J connectivity index is -0.000000300. The largest absolute Gasteiger partial charge is 0.631 e. The Labute approximate surface area is 126 Å². The van der Waals surface area contributed by atoms with Gasteiger partial charge in [-0.1, -0.05) is 0 Å². The van der Waals surface area contributed by atoms with E-state index in [2.05, 4.69) is 0 Å². The molecule has 22 heavy (non-hydrogen) atoms. The van der Waals surface area contributed by atoms with E-state index < -0.39 is 51.1 Å². The molecule has 0 rings (SSSR count). The van der Waals surface area contributed by atoms with Crippen LogP contribution >= 0.6 is 0 Å². The van der Waals surface area contributed by atoms with Gasteiger partial charge in [-0.15, -0.1) is 0 Å². The van der Waals surface area contributed by atoms with Gasteiger partial charge in [0.1, 0.15) is 30.5 Å². The van der Waals surface area contributed by atoms with Crippen molar-refractivity contribution in [3.05, 3.63) is 0 Å². The topological polar surface area (TPSA) is 243 Å². The molecule has 0 saturated carbocycles. The summed E-state index contributed by atoms with van der Waals surface area (Å²) in [6, 6.07) is 0. The van der Waals surface area contributed by atoms with Gasteiger partial charge in [0.15, 0.2) is 0 Å². The predicted molar refractivity (Wildman–Crippen MR) is 70.8 cm³/mol. The fraction of sp³-hybridized carbons (Fsp3) is 1.00. The fourth-order valence-electron chi connectivity index (χ4n) is 0.729. The lowest BCUT2D eigenvalue weighted by Gasteiger charge is -2.24. The molecule has 0 saturated heterocycles. The highest BCUT2D eigenvalue weighted by Crippen LogP contribution is 2.03. The second-order valence-corrected chi connectivity index (χ2v) is 3.85. The van der Waals surface area contributed by atoms with E-state index in [0.717, 1.165) is 0 Å². The van der Waals surface area contributed by atoms with E-state index in [9.17, 15) is 0 Å². The van der Waals surface area contributed by atoms with E-state index >= 15 is 0 Å². The summed E-state index contributed by atoms with van der Waals surface area (Å²) in [4.78, 5) is 0. The van der Waals surface area contributed by atoms with Crippen LogP contribution in [0.25, 0.3) is 0 Å². The van der Waals surface area contributed by atoms with Gasteiger partial charge in [0, 0.05) is 0 Å². The Bertz CT molecular complexity index is 200. The van der Waals surface area contributed by atoms with Crippen molar-refractivity contribution in [2.75, 3.05) is 26.4 Å². The van der Waals surface area contributed by atoms with Gasteiger partial charge in [0.2, 0.25) is 0 Å². The quantitative estimate of drug-likeness (QED) is 0.194. The summed E-state index contributed by atoms with van der Waals surface area (Å²) in [5.74, 6) is 0. The fourth-order valence-corrected chi connectivity index (χ4v) is 0.729.